The summed E-state index contributed by atoms with van der Waals surface area (Å²) >= 11 is 0. The van der Waals surface area contributed by atoms with E-state index >= 15 is 0 Å². The second-order valence-electron chi connectivity index (χ2n) is 4.56. The summed E-state index contributed by atoms with van der Waals surface area (Å²) in [5.74, 6) is 0.608. The molecule has 0 bridgehead atoms. The predicted molar refractivity (Wildman–Crippen MR) is 73.7 cm³/mol. The quantitative estimate of drug-likeness (QED) is 0.280. The number of hydrogen-bond donors (Lipinski definition) is 2. The molecule has 0 aliphatic carbocycles. The first-order valence-electron chi connectivity index (χ1n) is 6.23. The first-order valence-corrected chi connectivity index (χ1v) is 8.05. The average molecular weight is 279 g/mol. The van der Waals surface area contributed by atoms with Crippen molar-refractivity contribution in [3.63, 3.8) is 0 Å². The van der Waals surface area contributed by atoms with Gasteiger partial charge in [-0.3, -0.25) is 0 Å². The standard InChI is InChI=1S/C11H25N3O3S/c1-4-18(16,17)9-5-7-14(10(2)3)8-6-11(12)13-15/h10,15H,4-9H2,1-3H3,(H2,12,13). The minimum atomic E-state index is -2.89. The third-order valence-corrected chi connectivity index (χ3v) is 4.64. The average Bonchev–Trinajstić information content (AvgIpc) is 2.32. The normalized spacial score (nSPS) is 13.5. The first kappa shape index (κ1) is 17.2. The van der Waals surface area contributed by atoms with Gasteiger partial charge < -0.3 is 15.8 Å². The second-order valence-corrected chi connectivity index (χ2v) is 7.03. The zero-order chi connectivity index (χ0) is 14.2. The van der Waals surface area contributed by atoms with Crippen LogP contribution >= 0.6 is 0 Å². The highest BCUT2D eigenvalue weighted by molar-refractivity contribution is 7.91. The first-order chi connectivity index (χ1) is 8.32. The van der Waals surface area contributed by atoms with Gasteiger partial charge in [0.2, 0.25) is 0 Å². The lowest BCUT2D eigenvalue weighted by molar-refractivity contribution is 0.227. The molecule has 0 aromatic rings. The summed E-state index contributed by atoms with van der Waals surface area (Å²) < 4.78 is 22.7. The van der Waals surface area contributed by atoms with Crippen LogP contribution in [0.5, 0.6) is 0 Å². The van der Waals surface area contributed by atoms with Crippen molar-refractivity contribution >= 4 is 15.7 Å². The van der Waals surface area contributed by atoms with E-state index in [0.717, 1.165) is 0 Å². The van der Waals surface area contributed by atoms with Crippen molar-refractivity contribution < 1.29 is 13.6 Å². The molecule has 0 spiro atoms. The maximum atomic E-state index is 11.4. The van der Waals surface area contributed by atoms with Crippen LogP contribution in [-0.2, 0) is 9.84 Å². The molecule has 0 aromatic heterocycles. The summed E-state index contributed by atoms with van der Waals surface area (Å²) in [6.07, 6.45) is 1.10. The van der Waals surface area contributed by atoms with Gasteiger partial charge in [-0.1, -0.05) is 12.1 Å². The molecule has 0 heterocycles. The second kappa shape index (κ2) is 8.31. The van der Waals surface area contributed by atoms with Gasteiger partial charge in [0, 0.05) is 24.8 Å². The van der Waals surface area contributed by atoms with Crippen molar-refractivity contribution in [3.8, 4) is 0 Å². The Labute approximate surface area is 110 Å². The minimum absolute atomic E-state index is 0.193. The van der Waals surface area contributed by atoms with E-state index in [1.807, 2.05) is 13.8 Å². The summed E-state index contributed by atoms with van der Waals surface area (Å²) in [6.45, 7) is 7.12. The molecule has 0 fully saturated rings. The molecule has 0 saturated heterocycles. The van der Waals surface area contributed by atoms with Crippen LogP contribution in [0.1, 0.15) is 33.6 Å². The fourth-order valence-corrected chi connectivity index (χ4v) is 2.43. The van der Waals surface area contributed by atoms with E-state index in [-0.39, 0.29) is 17.3 Å². The third kappa shape index (κ3) is 7.50. The van der Waals surface area contributed by atoms with Crippen LogP contribution in [0, 0.1) is 0 Å². The number of amidine groups is 1. The Balaban J connectivity index is 4.14. The fraction of sp³-hybridized carbons (Fsp3) is 0.909. The van der Waals surface area contributed by atoms with E-state index < -0.39 is 9.84 Å². The van der Waals surface area contributed by atoms with Crippen LogP contribution in [-0.4, -0.2) is 55.0 Å². The Hall–Kier alpha value is -0.820. The molecule has 0 aromatic carbocycles. The smallest absolute Gasteiger partial charge is 0.150 e. The number of rotatable bonds is 9. The molecule has 0 rings (SSSR count). The lowest BCUT2D eigenvalue weighted by atomic mass is 10.2. The Bertz CT molecular complexity index is 353. The molecular formula is C11H25N3O3S. The topological polar surface area (TPSA) is 96.0 Å². The maximum absolute atomic E-state index is 11.4. The summed E-state index contributed by atoms with van der Waals surface area (Å²) in [4.78, 5) is 2.13. The molecule has 3 N–H and O–H groups in total. The fourth-order valence-electron chi connectivity index (χ4n) is 1.57. The van der Waals surface area contributed by atoms with Crippen molar-refractivity contribution in [3.05, 3.63) is 0 Å². The third-order valence-electron chi connectivity index (χ3n) is 2.85. The largest absolute Gasteiger partial charge is 0.409 e. The van der Waals surface area contributed by atoms with Gasteiger partial charge in [0.05, 0.1) is 5.75 Å². The van der Waals surface area contributed by atoms with E-state index in [9.17, 15) is 8.42 Å². The highest BCUT2D eigenvalue weighted by Gasteiger charge is 2.12. The van der Waals surface area contributed by atoms with Gasteiger partial charge in [-0.2, -0.15) is 0 Å². The van der Waals surface area contributed by atoms with Crippen molar-refractivity contribution in [1.29, 1.82) is 0 Å². The van der Waals surface area contributed by atoms with Crippen LogP contribution < -0.4 is 5.73 Å². The number of hydrogen-bond acceptors (Lipinski definition) is 5. The van der Waals surface area contributed by atoms with Crippen LogP contribution in [0.15, 0.2) is 5.16 Å². The zero-order valence-corrected chi connectivity index (χ0v) is 12.3. The van der Waals surface area contributed by atoms with E-state index in [4.69, 9.17) is 10.9 Å². The van der Waals surface area contributed by atoms with Gasteiger partial charge >= 0.3 is 0 Å². The van der Waals surface area contributed by atoms with E-state index in [0.29, 0.717) is 32.0 Å². The summed E-state index contributed by atoms with van der Waals surface area (Å²) in [5, 5.41) is 11.4. The van der Waals surface area contributed by atoms with E-state index in [1.165, 1.54) is 0 Å². The zero-order valence-electron chi connectivity index (χ0n) is 11.5. The van der Waals surface area contributed by atoms with Gasteiger partial charge in [0.1, 0.15) is 15.7 Å². The molecule has 0 unspecified atom stereocenters. The molecule has 18 heavy (non-hydrogen) atoms. The van der Waals surface area contributed by atoms with Gasteiger partial charge in [-0.15, -0.1) is 0 Å². The van der Waals surface area contributed by atoms with Crippen molar-refractivity contribution in [2.75, 3.05) is 24.6 Å². The molecule has 0 radical (unpaired) electrons. The Kier molecular flexibility index (Phi) is 7.93. The lowest BCUT2D eigenvalue weighted by Crippen LogP contribution is -2.35. The summed E-state index contributed by atoms with van der Waals surface area (Å²) in [6, 6.07) is 0.306. The molecule has 0 saturated carbocycles. The summed E-state index contributed by atoms with van der Waals surface area (Å²) in [7, 11) is -2.89. The highest BCUT2D eigenvalue weighted by atomic mass is 32.2. The predicted octanol–water partition coefficient (Wildman–Crippen LogP) is 0.658. The van der Waals surface area contributed by atoms with Crippen LogP contribution in [0.4, 0.5) is 0 Å². The van der Waals surface area contributed by atoms with Gasteiger partial charge in [0.25, 0.3) is 0 Å². The van der Waals surface area contributed by atoms with Crippen molar-refractivity contribution in [1.82, 2.24) is 4.90 Å². The number of nitrogens with zero attached hydrogens (tertiary/aromatic N) is 2. The number of oxime groups is 1. The van der Waals surface area contributed by atoms with Crippen LogP contribution in [0.25, 0.3) is 0 Å². The minimum Gasteiger partial charge on any atom is -0.409 e. The number of nitrogens with two attached hydrogens (primary N) is 1. The molecule has 0 amide bonds. The maximum Gasteiger partial charge on any atom is 0.150 e. The molecule has 0 aliphatic rings. The van der Waals surface area contributed by atoms with E-state index in [2.05, 4.69) is 10.1 Å². The van der Waals surface area contributed by atoms with Gasteiger partial charge in [0.15, 0.2) is 0 Å². The van der Waals surface area contributed by atoms with Crippen molar-refractivity contribution in [2.24, 2.45) is 10.9 Å². The molecule has 6 nitrogen and oxygen atoms in total. The molecule has 0 aliphatic heterocycles. The Morgan fingerprint density at radius 2 is 2.00 bits per heavy atom. The number of sulfone groups is 1. The Morgan fingerprint density at radius 1 is 1.39 bits per heavy atom. The van der Waals surface area contributed by atoms with Crippen molar-refractivity contribution in [2.45, 2.75) is 39.7 Å². The van der Waals surface area contributed by atoms with Gasteiger partial charge in [-0.05, 0) is 26.8 Å². The highest BCUT2D eigenvalue weighted by Crippen LogP contribution is 2.03. The molecule has 0 atom stereocenters. The lowest BCUT2D eigenvalue weighted by Gasteiger charge is -2.26. The van der Waals surface area contributed by atoms with Crippen LogP contribution in [0.2, 0.25) is 0 Å². The van der Waals surface area contributed by atoms with Gasteiger partial charge in [-0.25, -0.2) is 8.42 Å². The Morgan fingerprint density at radius 3 is 2.44 bits per heavy atom. The monoisotopic (exact) mass is 279 g/mol. The molecular weight excluding hydrogens is 254 g/mol. The summed E-state index contributed by atoms with van der Waals surface area (Å²) in [5.41, 5.74) is 5.42. The van der Waals surface area contributed by atoms with Crippen LogP contribution in [0.3, 0.4) is 0 Å². The SMILES string of the molecule is CCS(=O)(=O)CCCN(CCC(N)=NO)C(C)C. The molecule has 108 valence electrons. The molecule has 7 heteroatoms. The van der Waals surface area contributed by atoms with E-state index in [1.54, 1.807) is 6.92 Å².